The average molecular weight is 429 g/mol. The molecule has 0 radical (unpaired) electrons. The first-order chi connectivity index (χ1) is 13.2. The minimum Gasteiger partial charge on any atom is -0.423 e. The second-order valence-corrected chi connectivity index (χ2v) is 7.88. The zero-order valence-electron chi connectivity index (χ0n) is 15.6. The Hall–Kier alpha value is -1.91. The van der Waals surface area contributed by atoms with Crippen LogP contribution >= 0.6 is 15.9 Å². The van der Waals surface area contributed by atoms with Gasteiger partial charge in [-0.1, -0.05) is 40.2 Å². The van der Waals surface area contributed by atoms with E-state index in [2.05, 4.69) is 40.2 Å². The van der Waals surface area contributed by atoms with Crippen molar-refractivity contribution in [2.75, 3.05) is 13.7 Å². The van der Waals surface area contributed by atoms with Crippen molar-refractivity contribution in [3.05, 3.63) is 76.3 Å². The SMILES string of the molecule is COC/C=C/C1CCC(c2ccc(C(=O)Oc3ccc(Br)cc3)cc2)CC1. The normalized spacial score (nSPS) is 19.9. The van der Waals surface area contributed by atoms with E-state index in [0.717, 1.165) is 4.47 Å². The zero-order chi connectivity index (χ0) is 19.1. The Labute approximate surface area is 169 Å². The van der Waals surface area contributed by atoms with Crippen molar-refractivity contribution < 1.29 is 14.3 Å². The molecule has 0 N–H and O–H groups in total. The van der Waals surface area contributed by atoms with Crippen molar-refractivity contribution >= 4 is 21.9 Å². The summed E-state index contributed by atoms with van der Waals surface area (Å²) in [4.78, 5) is 12.3. The van der Waals surface area contributed by atoms with Crippen LogP contribution in [-0.4, -0.2) is 19.7 Å². The highest BCUT2D eigenvalue weighted by Crippen LogP contribution is 2.36. The predicted octanol–water partition coefficient (Wildman–Crippen LogP) is 6.14. The second kappa shape index (κ2) is 9.86. The second-order valence-electron chi connectivity index (χ2n) is 6.96. The molecule has 1 aliphatic carbocycles. The summed E-state index contributed by atoms with van der Waals surface area (Å²) in [7, 11) is 1.72. The molecule has 0 atom stereocenters. The van der Waals surface area contributed by atoms with Gasteiger partial charge in [-0.15, -0.1) is 0 Å². The summed E-state index contributed by atoms with van der Waals surface area (Å²) in [5, 5.41) is 0. The van der Waals surface area contributed by atoms with E-state index in [1.165, 1.54) is 31.2 Å². The summed E-state index contributed by atoms with van der Waals surface area (Å²) in [5.74, 6) is 1.47. The van der Waals surface area contributed by atoms with Crippen molar-refractivity contribution in [3.8, 4) is 5.75 Å². The smallest absolute Gasteiger partial charge is 0.343 e. The van der Waals surface area contributed by atoms with Gasteiger partial charge in [-0.3, -0.25) is 0 Å². The number of carbonyl (C=O) groups excluding carboxylic acids is 1. The highest BCUT2D eigenvalue weighted by molar-refractivity contribution is 9.10. The molecule has 0 aromatic heterocycles. The number of methoxy groups -OCH3 is 1. The maximum absolute atomic E-state index is 12.3. The van der Waals surface area contributed by atoms with E-state index in [1.807, 2.05) is 24.3 Å². The molecule has 0 saturated heterocycles. The molecule has 142 valence electrons. The molecular weight excluding hydrogens is 404 g/mol. The third kappa shape index (κ3) is 5.78. The van der Waals surface area contributed by atoms with Gasteiger partial charge in [0.25, 0.3) is 0 Å². The van der Waals surface area contributed by atoms with E-state index in [4.69, 9.17) is 9.47 Å². The number of hydrogen-bond donors (Lipinski definition) is 0. The molecule has 3 rings (SSSR count). The molecule has 4 heteroatoms. The van der Waals surface area contributed by atoms with Gasteiger partial charge in [0.1, 0.15) is 5.75 Å². The molecule has 2 aromatic rings. The summed E-state index contributed by atoms with van der Waals surface area (Å²) >= 11 is 3.37. The molecule has 0 heterocycles. The number of carbonyl (C=O) groups is 1. The van der Waals surface area contributed by atoms with Gasteiger partial charge < -0.3 is 9.47 Å². The third-order valence-corrected chi connectivity index (χ3v) is 5.61. The molecule has 0 amide bonds. The monoisotopic (exact) mass is 428 g/mol. The van der Waals surface area contributed by atoms with Gasteiger partial charge in [-0.25, -0.2) is 4.79 Å². The van der Waals surface area contributed by atoms with E-state index < -0.39 is 0 Å². The van der Waals surface area contributed by atoms with Gasteiger partial charge >= 0.3 is 5.97 Å². The van der Waals surface area contributed by atoms with E-state index in [1.54, 1.807) is 19.2 Å². The molecule has 1 saturated carbocycles. The van der Waals surface area contributed by atoms with Gasteiger partial charge in [-0.05, 0) is 79.5 Å². The van der Waals surface area contributed by atoms with Crippen LogP contribution < -0.4 is 4.74 Å². The molecular formula is C23H25BrO3. The van der Waals surface area contributed by atoms with E-state index in [0.29, 0.717) is 29.8 Å². The standard InChI is InChI=1S/C23H25BrO3/c1-26-16-2-3-17-4-6-18(7-5-17)19-8-10-20(11-9-19)23(25)27-22-14-12-21(24)13-15-22/h2-3,8-15,17-18H,4-7,16H2,1H3/b3-2+. The van der Waals surface area contributed by atoms with Gasteiger partial charge in [0.05, 0.1) is 12.2 Å². The van der Waals surface area contributed by atoms with Crippen LogP contribution in [0.25, 0.3) is 0 Å². The summed E-state index contributed by atoms with van der Waals surface area (Å²) in [6.45, 7) is 0.692. The lowest BCUT2D eigenvalue weighted by Crippen LogP contribution is -2.12. The first kappa shape index (κ1) is 19.8. The Morgan fingerprint density at radius 3 is 2.33 bits per heavy atom. The molecule has 0 unspecified atom stereocenters. The molecule has 1 aliphatic rings. The molecule has 0 bridgehead atoms. The van der Waals surface area contributed by atoms with Gasteiger partial charge in [0.15, 0.2) is 0 Å². The summed E-state index contributed by atoms with van der Waals surface area (Å²) in [6.07, 6.45) is 9.20. The Morgan fingerprint density at radius 1 is 1.04 bits per heavy atom. The van der Waals surface area contributed by atoms with Crippen molar-refractivity contribution in [3.63, 3.8) is 0 Å². The van der Waals surface area contributed by atoms with Crippen molar-refractivity contribution in [2.24, 2.45) is 5.92 Å². The Bertz CT molecular complexity index is 757. The first-order valence-electron chi connectivity index (χ1n) is 9.39. The van der Waals surface area contributed by atoms with Gasteiger partial charge in [0.2, 0.25) is 0 Å². The minimum absolute atomic E-state index is 0.323. The number of allylic oxidation sites excluding steroid dienone is 1. The molecule has 27 heavy (non-hydrogen) atoms. The number of hydrogen-bond acceptors (Lipinski definition) is 3. The maximum atomic E-state index is 12.3. The van der Waals surface area contributed by atoms with E-state index in [-0.39, 0.29) is 5.97 Å². The predicted molar refractivity (Wildman–Crippen MR) is 111 cm³/mol. The van der Waals surface area contributed by atoms with Crippen LogP contribution in [0.15, 0.2) is 65.2 Å². The van der Waals surface area contributed by atoms with Crippen LogP contribution in [0.3, 0.4) is 0 Å². The highest BCUT2D eigenvalue weighted by Gasteiger charge is 2.21. The molecule has 1 fully saturated rings. The van der Waals surface area contributed by atoms with Crippen LogP contribution in [0.1, 0.15) is 47.5 Å². The average Bonchev–Trinajstić information content (AvgIpc) is 2.70. The fourth-order valence-corrected chi connectivity index (χ4v) is 3.81. The highest BCUT2D eigenvalue weighted by atomic mass is 79.9. The van der Waals surface area contributed by atoms with E-state index >= 15 is 0 Å². The van der Waals surface area contributed by atoms with Crippen LogP contribution in [0, 0.1) is 5.92 Å². The fourth-order valence-electron chi connectivity index (χ4n) is 3.55. The van der Waals surface area contributed by atoms with Crippen molar-refractivity contribution in [1.82, 2.24) is 0 Å². The molecule has 0 spiro atoms. The van der Waals surface area contributed by atoms with E-state index in [9.17, 15) is 4.79 Å². The number of halogens is 1. The summed E-state index contributed by atoms with van der Waals surface area (Å²) < 4.78 is 11.4. The summed E-state index contributed by atoms with van der Waals surface area (Å²) in [5.41, 5.74) is 1.90. The lowest BCUT2D eigenvalue weighted by atomic mass is 9.78. The Balaban J connectivity index is 1.54. The quantitative estimate of drug-likeness (QED) is 0.314. The van der Waals surface area contributed by atoms with Crippen LogP contribution in [0.2, 0.25) is 0 Å². The Morgan fingerprint density at radius 2 is 1.70 bits per heavy atom. The maximum Gasteiger partial charge on any atom is 0.343 e. The van der Waals surface area contributed by atoms with Crippen molar-refractivity contribution in [2.45, 2.75) is 31.6 Å². The molecule has 0 aliphatic heterocycles. The molecule has 2 aromatic carbocycles. The largest absolute Gasteiger partial charge is 0.423 e. The first-order valence-corrected chi connectivity index (χ1v) is 10.2. The van der Waals surface area contributed by atoms with Gasteiger partial charge in [-0.2, -0.15) is 0 Å². The number of benzene rings is 2. The summed E-state index contributed by atoms with van der Waals surface area (Å²) in [6, 6.07) is 15.2. The molecule has 3 nitrogen and oxygen atoms in total. The number of rotatable bonds is 6. The van der Waals surface area contributed by atoms with Crippen LogP contribution in [-0.2, 0) is 4.74 Å². The van der Waals surface area contributed by atoms with Crippen LogP contribution in [0.5, 0.6) is 5.75 Å². The lowest BCUT2D eigenvalue weighted by molar-refractivity contribution is 0.0734. The fraction of sp³-hybridized carbons (Fsp3) is 0.348. The number of esters is 1. The third-order valence-electron chi connectivity index (χ3n) is 5.08. The zero-order valence-corrected chi connectivity index (χ0v) is 17.2. The van der Waals surface area contributed by atoms with Crippen molar-refractivity contribution in [1.29, 1.82) is 0 Å². The van der Waals surface area contributed by atoms with Gasteiger partial charge in [0, 0.05) is 11.6 Å². The topological polar surface area (TPSA) is 35.5 Å². The Kier molecular flexibility index (Phi) is 7.25. The minimum atomic E-state index is -0.323. The number of ether oxygens (including phenoxy) is 2. The van der Waals surface area contributed by atoms with Crippen LogP contribution in [0.4, 0.5) is 0 Å². The lowest BCUT2D eigenvalue weighted by Gasteiger charge is -2.27.